The quantitative estimate of drug-likeness (QED) is 0.442. The monoisotopic (exact) mass is 360 g/mol. The molecule has 2 N–H and O–H groups in total. The first-order valence-electron chi connectivity index (χ1n) is 9.36. The highest BCUT2D eigenvalue weighted by molar-refractivity contribution is 6.35. The Kier molecular flexibility index (Phi) is 13.0. The third kappa shape index (κ3) is 14.3. The molecule has 0 aliphatic rings. The Morgan fingerprint density at radius 2 is 0.962 bits per heavy atom. The topological polar surface area (TPSA) is 58.2 Å². The minimum atomic E-state index is -0.589. The van der Waals surface area contributed by atoms with E-state index in [4.69, 9.17) is 0 Å². The van der Waals surface area contributed by atoms with Crippen LogP contribution in [-0.4, -0.2) is 24.9 Å². The van der Waals surface area contributed by atoms with Crippen LogP contribution in [0.3, 0.4) is 0 Å². The van der Waals surface area contributed by atoms with Crippen LogP contribution in [0.1, 0.15) is 67.2 Å². The summed E-state index contributed by atoms with van der Waals surface area (Å²) >= 11 is 0. The maximum absolute atomic E-state index is 11.8. The van der Waals surface area contributed by atoms with E-state index in [-0.39, 0.29) is 0 Å². The lowest BCUT2D eigenvalue weighted by molar-refractivity contribution is -0.138. The zero-order chi connectivity index (χ0) is 19.9. The molecule has 2 amide bonds. The van der Waals surface area contributed by atoms with Crippen LogP contribution in [0.5, 0.6) is 0 Å². The SMILES string of the molecule is CC(C)=CCCC(C)=CCNC(=O)C(=O)NCC=C(C)CCC=C(C)C. The summed E-state index contributed by atoms with van der Waals surface area (Å²) in [5.41, 5.74) is 5.03. The van der Waals surface area contributed by atoms with Crippen LogP contribution in [0.2, 0.25) is 0 Å². The Hall–Kier alpha value is -2.10. The van der Waals surface area contributed by atoms with Gasteiger partial charge in [0.05, 0.1) is 0 Å². The number of hydrogen-bond acceptors (Lipinski definition) is 2. The molecule has 0 fully saturated rings. The standard InChI is InChI=1S/C22H36N2O2/c1-17(2)9-7-11-19(5)13-15-23-21(25)22(26)24-16-14-20(6)12-8-10-18(3)4/h9-10,13-14H,7-8,11-12,15-16H2,1-6H3,(H,23,25)(H,24,26). The second kappa shape index (κ2) is 14.1. The highest BCUT2D eigenvalue weighted by Gasteiger charge is 2.10. The molecule has 146 valence electrons. The Morgan fingerprint density at radius 3 is 1.27 bits per heavy atom. The van der Waals surface area contributed by atoms with E-state index in [1.54, 1.807) is 0 Å². The van der Waals surface area contributed by atoms with Gasteiger partial charge in [0.1, 0.15) is 0 Å². The van der Waals surface area contributed by atoms with Crippen molar-refractivity contribution in [1.29, 1.82) is 0 Å². The molecule has 0 saturated heterocycles. The summed E-state index contributed by atoms with van der Waals surface area (Å²) < 4.78 is 0. The zero-order valence-corrected chi connectivity index (χ0v) is 17.4. The van der Waals surface area contributed by atoms with Crippen molar-refractivity contribution in [1.82, 2.24) is 10.6 Å². The van der Waals surface area contributed by atoms with E-state index < -0.39 is 11.8 Å². The summed E-state index contributed by atoms with van der Waals surface area (Å²) in [7, 11) is 0. The molecule has 0 atom stereocenters. The third-order valence-electron chi connectivity index (χ3n) is 3.82. The number of carbonyl (C=O) groups is 2. The van der Waals surface area contributed by atoms with E-state index in [2.05, 4.69) is 50.5 Å². The second-order valence-corrected chi connectivity index (χ2v) is 7.16. The summed E-state index contributed by atoms with van der Waals surface area (Å²) in [5.74, 6) is -1.18. The minimum absolute atomic E-state index is 0.379. The summed E-state index contributed by atoms with van der Waals surface area (Å²) in [4.78, 5) is 23.5. The fraction of sp³-hybridized carbons (Fsp3) is 0.545. The van der Waals surface area contributed by atoms with Crippen LogP contribution >= 0.6 is 0 Å². The van der Waals surface area contributed by atoms with E-state index in [0.29, 0.717) is 13.1 Å². The molecule has 0 spiro atoms. The van der Waals surface area contributed by atoms with Crippen LogP contribution in [-0.2, 0) is 9.59 Å². The molecular formula is C22H36N2O2. The highest BCUT2D eigenvalue weighted by Crippen LogP contribution is 2.06. The Balaban J connectivity index is 4.07. The second-order valence-electron chi connectivity index (χ2n) is 7.16. The van der Waals surface area contributed by atoms with Gasteiger partial charge in [-0.3, -0.25) is 9.59 Å². The number of hydrogen-bond donors (Lipinski definition) is 2. The van der Waals surface area contributed by atoms with Crippen molar-refractivity contribution < 1.29 is 9.59 Å². The molecule has 0 aromatic heterocycles. The molecule has 0 aromatic rings. The molecule has 0 saturated carbocycles. The third-order valence-corrected chi connectivity index (χ3v) is 3.82. The molecule has 4 heteroatoms. The van der Waals surface area contributed by atoms with E-state index in [1.807, 2.05) is 26.0 Å². The average molecular weight is 361 g/mol. The van der Waals surface area contributed by atoms with Crippen LogP contribution < -0.4 is 10.6 Å². The Bertz CT molecular complexity index is 521. The minimum Gasteiger partial charge on any atom is -0.344 e. The molecule has 0 aromatic carbocycles. The number of carbonyl (C=O) groups excluding carboxylic acids is 2. The lowest BCUT2D eigenvalue weighted by Gasteiger charge is -2.05. The predicted molar refractivity (Wildman–Crippen MR) is 111 cm³/mol. The first-order valence-corrected chi connectivity index (χ1v) is 9.36. The lowest BCUT2D eigenvalue weighted by atomic mass is 10.1. The summed E-state index contributed by atoms with van der Waals surface area (Å²) in [6.45, 7) is 13.2. The fourth-order valence-electron chi connectivity index (χ4n) is 2.18. The van der Waals surface area contributed by atoms with E-state index in [9.17, 15) is 9.59 Å². The van der Waals surface area contributed by atoms with Gasteiger partial charge in [0.15, 0.2) is 0 Å². The van der Waals surface area contributed by atoms with Gasteiger partial charge in [-0.2, -0.15) is 0 Å². The number of nitrogens with one attached hydrogen (secondary N) is 2. The zero-order valence-electron chi connectivity index (χ0n) is 17.4. The fourth-order valence-corrected chi connectivity index (χ4v) is 2.18. The molecule has 0 aliphatic heterocycles. The van der Waals surface area contributed by atoms with Crippen LogP contribution in [0.25, 0.3) is 0 Å². The van der Waals surface area contributed by atoms with Crippen LogP contribution in [0, 0.1) is 0 Å². The van der Waals surface area contributed by atoms with Crippen molar-refractivity contribution in [3.63, 3.8) is 0 Å². The van der Waals surface area contributed by atoms with Gasteiger partial charge in [-0.1, -0.05) is 46.6 Å². The van der Waals surface area contributed by atoms with Gasteiger partial charge in [-0.05, 0) is 67.2 Å². The van der Waals surface area contributed by atoms with Crippen molar-refractivity contribution in [2.45, 2.75) is 67.2 Å². The van der Waals surface area contributed by atoms with Gasteiger partial charge < -0.3 is 10.6 Å². The molecule has 0 bridgehead atoms. The largest absolute Gasteiger partial charge is 0.344 e. The van der Waals surface area contributed by atoms with Crippen molar-refractivity contribution >= 4 is 11.8 Å². The smallest absolute Gasteiger partial charge is 0.309 e. The number of allylic oxidation sites excluding steroid dienone is 6. The Morgan fingerprint density at radius 1 is 0.615 bits per heavy atom. The Labute approximate surface area is 159 Å². The first kappa shape index (κ1) is 23.9. The molecule has 4 nitrogen and oxygen atoms in total. The number of rotatable bonds is 10. The van der Waals surface area contributed by atoms with Gasteiger partial charge >= 0.3 is 11.8 Å². The molecule has 26 heavy (non-hydrogen) atoms. The predicted octanol–water partition coefficient (Wildman–Crippen LogP) is 4.60. The molecule has 0 unspecified atom stereocenters. The maximum atomic E-state index is 11.8. The van der Waals surface area contributed by atoms with Crippen LogP contribution in [0.4, 0.5) is 0 Å². The summed E-state index contributed by atoms with van der Waals surface area (Å²) in [6, 6.07) is 0. The van der Waals surface area contributed by atoms with Crippen molar-refractivity contribution in [2.75, 3.05) is 13.1 Å². The van der Waals surface area contributed by atoms with E-state index in [1.165, 1.54) is 22.3 Å². The lowest BCUT2D eigenvalue weighted by Crippen LogP contribution is -2.40. The first-order chi connectivity index (χ1) is 12.2. The molecule has 0 rings (SSSR count). The summed E-state index contributed by atoms with van der Waals surface area (Å²) in [6.07, 6.45) is 12.2. The molecular weight excluding hydrogens is 324 g/mol. The number of amides is 2. The summed E-state index contributed by atoms with van der Waals surface area (Å²) in [5, 5.41) is 5.25. The van der Waals surface area contributed by atoms with E-state index in [0.717, 1.165) is 25.7 Å². The van der Waals surface area contributed by atoms with Gasteiger partial charge in [0, 0.05) is 13.1 Å². The van der Waals surface area contributed by atoms with Crippen LogP contribution in [0.15, 0.2) is 46.6 Å². The van der Waals surface area contributed by atoms with Crippen molar-refractivity contribution in [2.24, 2.45) is 0 Å². The van der Waals surface area contributed by atoms with Gasteiger partial charge in [-0.15, -0.1) is 0 Å². The average Bonchev–Trinajstić information content (AvgIpc) is 2.53. The molecule has 0 radical (unpaired) electrons. The molecule has 0 heterocycles. The normalized spacial score (nSPS) is 11.6. The van der Waals surface area contributed by atoms with E-state index >= 15 is 0 Å². The maximum Gasteiger partial charge on any atom is 0.309 e. The van der Waals surface area contributed by atoms with Gasteiger partial charge in [0.2, 0.25) is 0 Å². The van der Waals surface area contributed by atoms with Crippen molar-refractivity contribution in [3.05, 3.63) is 46.6 Å². The highest BCUT2D eigenvalue weighted by atomic mass is 16.2. The van der Waals surface area contributed by atoms with Crippen molar-refractivity contribution in [3.8, 4) is 0 Å². The molecule has 0 aliphatic carbocycles. The van der Waals surface area contributed by atoms with Gasteiger partial charge in [0.25, 0.3) is 0 Å². The van der Waals surface area contributed by atoms with Gasteiger partial charge in [-0.25, -0.2) is 0 Å².